The molecule has 31 heavy (non-hydrogen) atoms. The maximum atomic E-state index is 11.7. The Morgan fingerprint density at radius 1 is 1.19 bits per heavy atom. The van der Waals surface area contributed by atoms with E-state index in [0.717, 1.165) is 4.57 Å². The average Bonchev–Trinajstić information content (AvgIpc) is 2.82. The fourth-order valence-electron chi connectivity index (χ4n) is 2.13. The molecule has 1 aromatic rings. The number of nitrogens with two attached hydrogens (primary N) is 1. The molecule has 160 valence electrons. The first-order chi connectivity index (χ1) is 12.7. The van der Waals surface area contributed by atoms with Crippen molar-refractivity contribution >= 4 is 29.3 Å². The Labute approximate surface area is 241 Å². The monoisotopic (exact) mass is 533 g/mol. The van der Waals surface area contributed by atoms with Gasteiger partial charge in [-0.15, -0.1) is 0 Å². The molecule has 4 N–H and O–H groups in total. The van der Waals surface area contributed by atoms with Crippen LogP contribution in [0.4, 0.5) is 5.82 Å². The van der Waals surface area contributed by atoms with Crippen molar-refractivity contribution in [2.75, 3.05) is 12.3 Å². The SMILES string of the molecule is Nc1ccn([C@H]2C[C@@H](O)[C@@H](COP(=O)([O-])OP(=O)([O-])OP(=O)([O-])O)O2)c(=O)n1.[Na+].[Na+].[Na+]. The van der Waals surface area contributed by atoms with Gasteiger partial charge in [-0.1, -0.05) is 0 Å². The second-order valence-electron chi connectivity index (χ2n) is 5.30. The number of nitrogens with zero attached hydrogens (tertiary/aromatic N) is 2. The van der Waals surface area contributed by atoms with Crippen LogP contribution in [0.1, 0.15) is 12.6 Å². The van der Waals surface area contributed by atoms with E-state index < -0.39 is 54.2 Å². The van der Waals surface area contributed by atoms with Crippen LogP contribution in [0.25, 0.3) is 0 Å². The van der Waals surface area contributed by atoms with Crippen LogP contribution in [-0.4, -0.2) is 38.4 Å². The number of phosphoric ester groups is 1. The molecule has 1 aliphatic heterocycles. The Morgan fingerprint density at radius 3 is 2.29 bits per heavy atom. The number of aromatic nitrogens is 2. The number of nitrogen functional groups attached to an aromatic ring is 1. The van der Waals surface area contributed by atoms with Gasteiger partial charge in [-0.2, -0.15) is 4.98 Å². The largest absolute Gasteiger partial charge is 1.00 e. The standard InChI is InChI=1S/C9H16N3O13P3.3Na/c10-7-1-2-12(9(14)11-7)8-3-5(13)6(23-8)4-22-27(18,19)25-28(20,21)24-26(15,16)17;;;/h1-2,5-6,8,13H,3-4H2,(H,18,19)(H,20,21)(H2,10,11,14)(H2,15,16,17);;;/q;3*+1/p-3/t5-,6-,8-;;;/m1.../s1. The van der Waals surface area contributed by atoms with Crippen molar-refractivity contribution in [2.45, 2.75) is 24.9 Å². The van der Waals surface area contributed by atoms with Crippen molar-refractivity contribution in [3.05, 3.63) is 22.7 Å². The Kier molecular flexibility index (Phi) is 15.8. The molecule has 0 aromatic carbocycles. The van der Waals surface area contributed by atoms with Crippen molar-refractivity contribution < 1.29 is 145 Å². The second kappa shape index (κ2) is 13.9. The van der Waals surface area contributed by atoms with E-state index in [1.54, 1.807) is 0 Å². The van der Waals surface area contributed by atoms with E-state index in [4.69, 9.17) is 15.4 Å². The van der Waals surface area contributed by atoms with Gasteiger partial charge < -0.3 is 39.7 Å². The normalized spacial score (nSPS) is 26.2. The molecule has 0 aliphatic carbocycles. The molecule has 2 heterocycles. The fraction of sp³-hybridized carbons (Fsp3) is 0.556. The third kappa shape index (κ3) is 12.0. The van der Waals surface area contributed by atoms with Gasteiger partial charge in [0.15, 0.2) is 0 Å². The van der Waals surface area contributed by atoms with E-state index in [9.17, 15) is 38.3 Å². The van der Waals surface area contributed by atoms with Crippen LogP contribution in [0.5, 0.6) is 0 Å². The molecule has 0 bridgehead atoms. The third-order valence-electron chi connectivity index (χ3n) is 3.17. The maximum absolute atomic E-state index is 11.7. The molecule has 1 fully saturated rings. The minimum Gasteiger partial charge on any atom is -0.756 e. The molecule has 0 radical (unpaired) electrons. The summed E-state index contributed by atoms with van der Waals surface area (Å²) in [5.41, 5.74) is 4.54. The summed E-state index contributed by atoms with van der Waals surface area (Å²) in [7, 11) is -17.6. The van der Waals surface area contributed by atoms with Crippen LogP contribution in [-0.2, 0) is 31.6 Å². The summed E-state index contributed by atoms with van der Waals surface area (Å²) in [4.78, 5) is 56.4. The van der Waals surface area contributed by atoms with Crippen molar-refractivity contribution in [2.24, 2.45) is 0 Å². The maximum Gasteiger partial charge on any atom is 1.00 e. The molecule has 16 nitrogen and oxygen atoms in total. The van der Waals surface area contributed by atoms with Crippen LogP contribution in [0.15, 0.2) is 17.1 Å². The minimum atomic E-state index is -6.03. The summed E-state index contributed by atoms with van der Waals surface area (Å²) in [6.45, 7) is -0.955. The summed E-state index contributed by atoms with van der Waals surface area (Å²) in [5, 5.41) is 9.90. The third-order valence-corrected chi connectivity index (χ3v) is 6.86. The van der Waals surface area contributed by atoms with Gasteiger partial charge >= 0.3 is 94.4 Å². The summed E-state index contributed by atoms with van der Waals surface area (Å²) >= 11 is 0. The van der Waals surface area contributed by atoms with Crippen molar-refractivity contribution in [3.8, 4) is 0 Å². The number of rotatable bonds is 8. The van der Waals surface area contributed by atoms with Crippen LogP contribution in [0.3, 0.4) is 0 Å². The quantitative estimate of drug-likeness (QED) is 0.207. The summed E-state index contributed by atoms with van der Waals surface area (Å²) in [6.07, 6.45) is -2.66. The molecule has 22 heteroatoms. The van der Waals surface area contributed by atoms with Gasteiger partial charge in [-0.3, -0.25) is 18.3 Å². The molecular formula is C9H13N3Na3O13P3. The summed E-state index contributed by atoms with van der Waals surface area (Å²) in [6, 6.07) is 1.28. The number of aliphatic hydroxyl groups is 1. The number of hydrogen-bond donors (Lipinski definition) is 3. The minimum absolute atomic E-state index is 0. The van der Waals surface area contributed by atoms with E-state index in [1.165, 1.54) is 12.3 Å². The topological polar surface area (TPSA) is 259 Å². The van der Waals surface area contributed by atoms with Gasteiger partial charge in [0.05, 0.1) is 12.7 Å². The Balaban J connectivity index is 0. The first-order valence-electron chi connectivity index (χ1n) is 7.09. The number of hydrogen-bond acceptors (Lipinski definition) is 14. The zero-order valence-corrected chi connectivity index (χ0v) is 25.2. The Hall–Kier alpha value is 2.01. The molecule has 2 rings (SSSR count). The van der Waals surface area contributed by atoms with Crippen molar-refractivity contribution in [1.29, 1.82) is 0 Å². The predicted molar refractivity (Wildman–Crippen MR) is 80.6 cm³/mol. The van der Waals surface area contributed by atoms with Crippen molar-refractivity contribution in [3.63, 3.8) is 0 Å². The molecule has 6 atom stereocenters. The number of ether oxygens (including phenoxy) is 1. The summed E-state index contributed by atoms with van der Waals surface area (Å²) in [5.74, 6) is -0.0566. The zero-order chi connectivity index (χ0) is 21.3. The molecule has 0 amide bonds. The molecule has 0 spiro atoms. The van der Waals surface area contributed by atoms with E-state index in [1.807, 2.05) is 0 Å². The molecule has 1 aromatic heterocycles. The van der Waals surface area contributed by atoms with Gasteiger partial charge in [0.25, 0.3) is 23.5 Å². The van der Waals surface area contributed by atoms with Crippen LogP contribution >= 0.6 is 23.5 Å². The predicted octanol–water partition coefficient (Wildman–Crippen LogP) is -12.1. The van der Waals surface area contributed by atoms with Gasteiger partial charge in [0, 0.05) is 12.6 Å². The van der Waals surface area contributed by atoms with E-state index in [-0.39, 0.29) is 101 Å². The fourth-order valence-corrected chi connectivity index (χ4v) is 5.03. The van der Waals surface area contributed by atoms with Gasteiger partial charge in [0.2, 0.25) is 0 Å². The number of phosphoric acid groups is 3. The molecule has 3 unspecified atom stereocenters. The van der Waals surface area contributed by atoms with Gasteiger partial charge in [-0.25, -0.2) is 13.4 Å². The number of anilines is 1. The first kappa shape index (κ1) is 35.2. The van der Waals surface area contributed by atoms with Crippen molar-refractivity contribution in [1.82, 2.24) is 9.55 Å². The molecular weight excluding hydrogens is 520 g/mol. The van der Waals surface area contributed by atoms with Crippen LogP contribution in [0.2, 0.25) is 0 Å². The Bertz CT molecular complexity index is 928. The summed E-state index contributed by atoms with van der Waals surface area (Å²) < 4.78 is 49.9. The van der Waals surface area contributed by atoms with E-state index in [0.29, 0.717) is 0 Å². The second-order valence-corrected chi connectivity index (χ2v) is 9.59. The van der Waals surface area contributed by atoms with E-state index >= 15 is 0 Å². The zero-order valence-electron chi connectivity index (χ0n) is 16.5. The van der Waals surface area contributed by atoms with Gasteiger partial charge in [-0.05, 0) is 6.07 Å². The average molecular weight is 533 g/mol. The number of aliphatic hydroxyl groups excluding tert-OH is 1. The molecule has 0 saturated carbocycles. The van der Waals surface area contributed by atoms with Crippen LogP contribution < -0.4 is 115 Å². The first-order valence-corrected chi connectivity index (χ1v) is 11.5. The van der Waals surface area contributed by atoms with E-state index in [2.05, 4.69) is 18.1 Å². The van der Waals surface area contributed by atoms with Gasteiger partial charge in [0.1, 0.15) is 18.1 Å². The molecule has 1 saturated heterocycles. The van der Waals surface area contributed by atoms with Crippen LogP contribution in [0, 0.1) is 0 Å². The Morgan fingerprint density at radius 2 is 1.77 bits per heavy atom. The smallest absolute Gasteiger partial charge is 0.756 e. The molecule has 1 aliphatic rings.